The van der Waals surface area contributed by atoms with Gasteiger partial charge >= 0.3 is 6.18 Å². The van der Waals surface area contributed by atoms with Crippen LogP contribution in [0.5, 0.6) is 0 Å². The van der Waals surface area contributed by atoms with E-state index in [0.29, 0.717) is 41.4 Å². The molecule has 0 aliphatic carbocycles. The van der Waals surface area contributed by atoms with Gasteiger partial charge in [0.05, 0.1) is 17.5 Å². The van der Waals surface area contributed by atoms with Gasteiger partial charge < -0.3 is 15.6 Å². The normalized spacial score (nSPS) is 13.7. The van der Waals surface area contributed by atoms with Gasteiger partial charge in [0.2, 0.25) is 11.8 Å². The molecular weight excluding hydrogens is 474 g/mol. The fourth-order valence-electron chi connectivity index (χ4n) is 5.04. The summed E-state index contributed by atoms with van der Waals surface area (Å²) in [6, 6.07) is 9.84. The molecule has 5 nitrogen and oxygen atoms in total. The molecule has 0 atom stereocenters. The highest BCUT2D eigenvalue weighted by Gasteiger charge is 2.31. The lowest BCUT2D eigenvalue weighted by Gasteiger charge is -2.29. The number of H-pyrrole nitrogens is 1. The fourth-order valence-corrected chi connectivity index (χ4v) is 5.04. The molecule has 9 heteroatoms. The van der Waals surface area contributed by atoms with E-state index in [1.165, 1.54) is 18.2 Å². The third-order valence-electron chi connectivity index (χ3n) is 6.62. The molecule has 0 radical (unpaired) electrons. The Morgan fingerprint density at radius 1 is 1.17 bits per heavy atom. The molecular formula is C27H21F4N3O2. The van der Waals surface area contributed by atoms with E-state index in [1.54, 1.807) is 17.0 Å². The second kappa shape index (κ2) is 8.51. The highest BCUT2D eigenvalue weighted by molar-refractivity contribution is 6.16. The number of aromatic amines is 1. The Labute approximate surface area is 203 Å². The van der Waals surface area contributed by atoms with E-state index in [9.17, 15) is 22.8 Å². The minimum atomic E-state index is -4.55. The molecule has 2 amide bonds. The summed E-state index contributed by atoms with van der Waals surface area (Å²) in [7, 11) is 0. The summed E-state index contributed by atoms with van der Waals surface area (Å²) < 4.78 is 55.9. The van der Waals surface area contributed by atoms with E-state index in [2.05, 4.69) is 11.6 Å². The van der Waals surface area contributed by atoms with E-state index in [-0.39, 0.29) is 29.0 Å². The Bertz CT molecular complexity index is 1570. The number of hydrogen-bond acceptors (Lipinski definition) is 2. The summed E-state index contributed by atoms with van der Waals surface area (Å²) >= 11 is 0. The molecule has 36 heavy (non-hydrogen) atoms. The molecule has 0 saturated carbocycles. The summed E-state index contributed by atoms with van der Waals surface area (Å²) in [5.41, 5.74) is 7.83. The Morgan fingerprint density at radius 3 is 2.64 bits per heavy atom. The molecule has 0 fully saturated rings. The molecule has 1 aliphatic heterocycles. The van der Waals surface area contributed by atoms with Crippen molar-refractivity contribution in [3.8, 4) is 11.1 Å². The van der Waals surface area contributed by atoms with Crippen LogP contribution in [0.1, 0.15) is 22.3 Å². The summed E-state index contributed by atoms with van der Waals surface area (Å²) in [6.45, 7) is 4.28. The van der Waals surface area contributed by atoms with E-state index < -0.39 is 23.5 Å². The smallest absolute Gasteiger partial charge is 0.369 e. The van der Waals surface area contributed by atoms with Crippen molar-refractivity contribution in [1.29, 1.82) is 0 Å². The SMILES string of the molecule is C=CC(=O)N1CCc2c(cccc2-c2c(F)cc(CC(N)=O)c3[nH]c4cc(C(F)(F)F)ccc4c23)C1. The number of fused-ring (bicyclic) bond motifs is 4. The lowest BCUT2D eigenvalue weighted by Crippen LogP contribution is -2.34. The number of halogens is 4. The Hall–Kier alpha value is -4.14. The average molecular weight is 495 g/mol. The van der Waals surface area contributed by atoms with Crippen LogP contribution >= 0.6 is 0 Å². The molecule has 0 saturated heterocycles. The molecule has 184 valence electrons. The third kappa shape index (κ3) is 3.90. The van der Waals surface area contributed by atoms with Crippen LogP contribution in [0.3, 0.4) is 0 Å². The topological polar surface area (TPSA) is 79.2 Å². The number of nitrogens with zero attached hydrogens (tertiary/aromatic N) is 1. The number of carbonyl (C=O) groups is 2. The molecule has 3 aromatic carbocycles. The van der Waals surface area contributed by atoms with Gasteiger partial charge in [0.15, 0.2) is 0 Å². The zero-order valence-corrected chi connectivity index (χ0v) is 19.0. The van der Waals surface area contributed by atoms with E-state index in [1.807, 2.05) is 6.07 Å². The number of carbonyl (C=O) groups excluding carboxylic acids is 2. The largest absolute Gasteiger partial charge is 0.416 e. The first kappa shape index (κ1) is 23.6. The Balaban J connectivity index is 1.79. The minimum absolute atomic E-state index is 0.171. The quantitative estimate of drug-likeness (QED) is 0.300. The number of aromatic nitrogens is 1. The van der Waals surface area contributed by atoms with Crippen molar-refractivity contribution in [2.75, 3.05) is 6.54 Å². The first-order valence-corrected chi connectivity index (χ1v) is 11.2. The summed E-state index contributed by atoms with van der Waals surface area (Å²) in [6.07, 6.45) is -3.12. The lowest BCUT2D eigenvalue weighted by atomic mass is 9.87. The number of nitrogens with two attached hydrogens (primary N) is 1. The fraction of sp³-hybridized carbons (Fsp3) is 0.185. The van der Waals surface area contributed by atoms with Gasteiger partial charge in [-0.05, 0) is 52.9 Å². The van der Waals surface area contributed by atoms with Crippen LogP contribution in [-0.4, -0.2) is 28.2 Å². The van der Waals surface area contributed by atoms with E-state index in [4.69, 9.17) is 5.73 Å². The van der Waals surface area contributed by atoms with Crippen molar-refractivity contribution in [3.05, 3.63) is 83.2 Å². The molecule has 4 aromatic rings. The highest BCUT2D eigenvalue weighted by atomic mass is 19.4. The molecule has 0 bridgehead atoms. The van der Waals surface area contributed by atoms with Crippen LogP contribution < -0.4 is 5.73 Å². The van der Waals surface area contributed by atoms with Crippen molar-refractivity contribution in [1.82, 2.24) is 9.88 Å². The van der Waals surface area contributed by atoms with Gasteiger partial charge in [0.25, 0.3) is 0 Å². The Morgan fingerprint density at radius 2 is 1.94 bits per heavy atom. The van der Waals surface area contributed by atoms with Crippen LogP contribution in [0, 0.1) is 5.82 Å². The predicted octanol–water partition coefficient (Wildman–Crippen LogP) is 5.24. The van der Waals surface area contributed by atoms with Gasteiger partial charge in [-0.3, -0.25) is 9.59 Å². The second-order valence-corrected chi connectivity index (χ2v) is 8.83. The molecule has 0 spiro atoms. The van der Waals surface area contributed by atoms with Gasteiger partial charge in [0, 0.05) is 34.9 Å². The Kier molecular flexibility index (Phi) is 5.58. The average Bonchev–Trinajstić information content (AvgIpc) is 3.21. The number of rotatable bonds is 4. The number of amides is 2. The molecule has 5 rings (SSSR count). The number of hydrogen-bond donors (Lipinski definition) is 2. The van der Waals surface area contributed by atoms with E-state index in [0.717, 1.165) is 23.3 Å². The number of alkyl halides is 3. The first-order valence-electron chi connectivity index (χ1n) is 11.2. The molecule has 0 unspecified atom stereocenters. The summed E-state index contributed by atoms with van der Waals surface area (Å²) in [5.74, 6) is -1.51. The summed E-state index contributed by atoms with van der Waals surface area (Å²) in [4.78, 5) is 28.4. The highest BCUT2D eigenvalue weighted by Crippen LogP contribution is 2.42. The zero-order chi connectivity index (χ0) is 25.8. The maximum absolute atomic E-state index is 15.8. The third-order valence-corrected chi connectivity index (χ3v) is 6.62. The van der Waals surface area contributed by atoms with Crippen molar-refractivity contribution in [2.45, 2.75) is 25.6 Å². The molecule has 1 aliphatic rings. The van der Waals surface area contributed by atoms with Gasteiger partial charge in [-0.1, -0.05) is 30.8 Å². The van der Waals surface area contributed by atoms with Gasteiger partial charge in [-0.2, -0.15) is 13.2 Å². The molecule has 3 N–H and O–H groups in total. The van der Waals surface area contributed by atoms with E-state index >= 15 is 4.39 Å². The van der Waals surface area contributed by atoms with Crippen molar-refractivity contribution < 1.29 is 27.2 Å². The molecule has 2 heterocycles. The standard InChI is InChI=1S/C27H21F4N3O2/c1-2-23(36)34-9-8-17-14(13-34)4-3-5-18(17)24-20(28)10-15(11-22(32)35)26-25(24)19-7-6-16(27(29,30)31)12-21(19)33-26/h2-7,10,12,33H,1,8-9,11,13H2,(H2,32,35). The maximum Gasteiger partial charge on any atom is 0.416 e. The predicted molar refractivity (Wildman–Crippen MR) is 128 cm³/mol. The second-order valence-electron chi connectivity index (χ2n) is 8.83. The minimum Gasteiger partial charge on any atom is -0.369 e. The van der Waals surface area contributed by atoms with Crippen LogP contribution in [0.25, 0.3) is 32.9 Å². The number of benzene rings is 3. The maximum atomic E-state index is 15.8. The van der Waals surface area contributed by atoms with Gasteiger partial charge in [-0.25, -0.2) is 4.39 Å². The van der Waals surface area contributed by atoms with Crippen LogP contribution in [0.4, 0.5) is 17.6 Å². The van der Waals surface area contributed by atoms with Gasteiger partial charge in [-0.15, -0.1) is 0 Å². The molecule has 1 aromatic heterocycles. The van der Waals surface area contributed by atoms with Crippen LogP contribution in [0.2, 0.25) is 0 Å². The lowest BCUT2D eigenvalue weighted by molar-refractivity contribution is -0.137. The number of primary amides is 1. The van der Waals surface area contributed by atoms with Crippen molar-refractivity contribution >= 4 is 33.6 Å². The van der Waals surface area contributed by atoms with Crippen molar-refractivity contribution in [3.63, 3.8) is 0 Å². The van der Waals surface area contributed by atoms with Crippen LogP contribution in [0.15, 0.2) is 55.1 Å². The van der Waals surface area contributed by atoms with Crippen LogP contribution in [-0.2, 0) is 35.2 Å². The first-order chi connectivity index (χ1) is 17.1. The number of nitrogens with one attached hydrogen (secondary N) is 1. The zero-order valence-electron chi connectivity index (χ0n) is 19.0. The summed E-state index contributed by atoms with van der Waals surface area (Å²) in [5, 5.41) is 0.781. The van der Waals surface area contributed by atoms with Gasteiger partial charge in [0.1, 0.15) is 5.82 Å². The monoisotopic (exact) mass is 495 g/mol. The van der Waals surface area contributed by atoms with Crippen molar-refractivity contribution in [2.24, 2.45) is 5.73 Å².